The lowest BCUT2D eigenvalue weighted by molar-refractivity contribution is 0.122. The molecule has 182 valence electrons. The molecule has 5 rings (SSSR count). The van der Waals surface area contributed by atoms with E-state index in [2.05, 4.69) is 16.3 Å². The van der Waals surface area contributed by atoms with E-state index in [9.17, 15) is 4.79 Å². The van der Waals surface area contributed by atoms with E-state index in [1.807, 2.05) is 53.4 Å². The molecular weight excluding hydrogens is 442 g/mol. The molecule has 8 nitrogen and oxygen atoms in total. The Kier molecular flexibility index (Phi) is 7.09. The number of hydrogen-bond acceptors (Lipinski definition) is 6. The van der Waals surface area contributed by atoms with Crippen molar-refractivity contribution in [2.45, 2.75) is 25.9 Å². The maximum atomic E-state index is 13.0. The van der Waals surface area contributed by atoms with E-state index in [0.717, 1.165) is 52.9 Å². The fourth-order valence-electron chi connectivity index (χ4n) is 4.64. The van der Waals surface area contributed by atoms with Crippen LogP contribution in [0.2, 0.25) is 0 Å². The minimum absolute atomic E-state index is 0.0643. The molecule has 0 radical (unpaired) electrons. The number of nitrogens with zero attached hydrogens (tertiary/aromatic N) is 4. The summed E-state index contributed by atoms with van der Waals surface area (Å²) in [7, 11) is 1.68. The second-order valence-corrected chi connectivity index (χ2v) is 8.79. The topological polar surface area (TPSA) is 79.8 Å². The number of benzene rings is 2. The van der Waals surface area contributed by atoms with E-state index < -0.39 is 0 Å². The summed E-state index contributed by atoms with van der Waals surface area (Å²) in [6, 6.07) is 17.9. The van der Waals surface area contributed by atoms with Gasteiger partial charge in [-0.25, -0.2) is 14.8 Å². The number of nitrogens with one attached hydrogen (secondary N) is 1. The van der Waals surface area contributed by atoms with Crippen molar-refractivity contribution in [1.29, 1.82) is 0 Å². The van der Waals surface area contributed by atoms with Crippen molar-refractivity contribution in [2.24, 2.45) is 0 Å². The lowest BCUT2D eigenvalue weighted by atomic mass is 10.0. The number of fused-ring (bicyclic) bond motifs is 1. The van der Waals surface area contributed by atoms with Gasteiger partial charge in [-0.15, -0.1) is 0 Å². The molecule has 2 amide bonds. The standard InChI is InChI=1S/C27H31N5O3/c1-34-24-10-6-5-9-21(24)17-25-29-23-11-12-32(27(33)28-18-20-7-3-2-4-8-20)19-22(23)26(30-25)31-13-15-35-16-14-31/h2-10H,11-19H2,1H3,(H,28,33). The highest BCUT2D eigenvalue weighted by Gasteiger charge is 2.28. The number of para-hydroxylation sites is 1. The number of amides is 2. The van der Waals surface area contributed by atoms with Crippen LogP contribution < -0.4 is 15.0 Å². The minimum atomic E-state index is -0.0643. The number of rotatable bonds is 6. The van der Waals surface area contributed by atoms with Gasteiger partial charge in [-0.05, 0) is 11.6 Å². The number of urea groups is 1. The van der Waals surface area contributed by atoms with Gasteiger partial charge < -0.3 is 24.6 Å². The third-order valence-electron chi connectivity index (χ3n) is 6.51. The van der Waals surface area contributed by atoms with Crippen LogP contribution in [0.25, 0.3) is 0 Å². The van der Waals surface area contributed by atoms with Crippen molar-refractivity contribution >= 4 is 11.8 Å². The van der Waals surface area contributed by atoms with E-state index in [-0.39, 0.29) is 6.03 Å². The predicted molar refractivity (Wildman–Crippen MR) is 134 cm³/mol. The van der Waals surface area contributed by atoms with Crippen LogP contribution in [-0.4, -0.2) is 60.9 Å². The number of carbonyl (C=O) groups is 1. The molecule has 1 fully saturated rings. The summed E-state index contributed by atoms with van der Waals surface area (Å²) < 4.78 is 11.1. The SMILES string of the molecule is COc1ccccc1Cc1nc2c(c(N3CCOCC3)n1)CN(C(=O)NCc1ccccc1)CC2. The summed E-state index contributed by atoms with van der Waals surface area (Å²) in [6.45, 7) is 4.52. The second kappa shape index (κ2) is 10.7. The Morgan fingerprint density at radius 2 is 1.80 bits per heavy atom. The van der Waals surface area contributed by atoms with E-state index in [1.54, 1.807) is 7.11 Å². The summed E-state index contributed by atoms with van der Waals surface area (Å²) in [5.74, 6) is 2.53. The Morgan fingerprint density at radius 1 is 1.03 bits per heavy atom. The Labute approximate surface area is 205 Å². The minimum Gasteiger partial charge on any atom is -0.496 e. The summed E-state index contributed by atoms with van der Waals surface area (Å²) in [6.07, 6.45) is 1.29. The summed E-state index contributed by atoms with van der Waals surface area (Å²) in [5.41, 5.74) is 4.20. The third kappa shape index (κ3) is 5.38. The van der Waals surface area contributed by atoms with E-state index >= 15 is 0 Å². The quantitative estimate of drug-likeness (QED) is 0.592. The summed E-state index contributed by atoms with van der Waals surface area (Å²) in [4.78, 5) is 27.1. The molecule has 0 spiro atoms. The van der Waals surface area contributed by atoms with Crippen molar-refractivity contribution in [3.8, 4) is 5.75 Å². The lowest BCUT2D eigenvalue weighted by Crippen LogP contribution is -2.44. The molecule has 1 aromatic heterocycles. The maximum Gasteiger partial charge on any atom is 0.317 e. The summed E-state index contributed by atoms with van der Waals surface area (Å²) in [5, 5.41) is 3.05. The Bertz CT molecular complexity index is 1160. The van der Waals surface area contributed by atoms with Gasteiger partial charge in [0.05, 0.1) is 32.6 Å². The highest BCUT2D eigenvalue weighted by molar-refractivity contribution is 5.75. The molecule has 8 heteroatoms. The largest absolute Gasteiger partial charge is 0.496 e. The van der Waals surface area contributed by atoms with Gasteiger partial charge in [-0.2, -0.15) is 0 Å². The van der Waals surface area contributed by atoms with Gasteiger partial charge in [0.25, 0.3) is 0 Å². The second-order valence-electron chi connectivity index (χ2n) is 8.79. The van der Waals surface area contributed by atoms with Crippen LogP contribution in [0.4, 0.5) is 10.6 Å². The zero-order valence-electron chi connectivity index (χ0n) is 20.1. The van der Waals surface area contributed by atoms with Crippen LogP contribution in [0.3, 0.4) is 0 Å². The maximum absolute atomic E-state index is 13.0. The van der Waals surface area contributed by atoms with Crippen molar-refractivity contribution in [3.05, 3.63) is 82.8 Å². The molecule has 1 saturated heterocycles. The number of hydrogen-bond donors (Lipinski definition) is 1. The monoisotopic (exact) mass is 473 g/mol. The first kappa shape index (κ1) is 23.1. The highest BCUT2D eigenvalue weighted by Crippen LogP contribution is 2.29. The Hall–Kier alpha value is -3.65. The molecule has 0 unspecified atom stereocenters. The van der Waals surface area contributed by atoms with Gasteiger partial charge in [0, 0.05) is 50.1 Å². The Balaban J connectivity index is 1.39. The van der Waals surface area contributed by atoms with Gasteiger partial charge in [-0.1, -0.05) is 48.5 Å². The Morgan fingerprint density at radius 3 is 2.60 bits per heavy atom. The van der Waals surface area contributed by atoms with E-state index in [4.69, 9.17) is 19.4 Å². The van der Waals surface area contributed by atoms with E-state index in [1.165, 1.54) is 0 Å². The fourth-order valence-corrected chi connectivity index (χ4v) is 4.64. The number of anilines is 1. The molecule has 3 aromatic rings. The first-order chi connectivity index (χ1) is 17.2. The molecule has 35 heavy (non-hydrogen) atoms. The molecule has 1 N–H and O–H groups in total. The van der Waals surface area contributed by atoms with Crippen LogP contribution >= 0.6 is 0 Å². The molecule has 3 heterocycles. The number of ether oxygens (including phenoxy) is 2. The third-order valence-corrected chi connectivity index (χ3v) is 6.51. The summed E-state index contributed by atoms with van der Waals surface area (Å²) >= 11 is 0. The van der Waals surface area contributed by atoms with Gasteiger partial charge in [0.1, 0.15) is 17.4 Å². The molecule has 0 aliphatic carbocycles. The fraction of sp³-hybridized carbons (Fsp3) is 0.370. The van der Waals surface area contributed by atoms with Crippen molar-refractivity contribution in [3.63, 3.8) is 0 Å². The number of methoxy groups -OCH3 is 1. The molecule has 2 aliphatic heterocycles. The van der Waals surface area contributed by atoms with Gasteiger partial charge in [0.2, 0.25) is 0 Å². The smallest absolute Gasteiger partial charge is 0.317 e. The van der Waals surface area contributed by atoms with Crippen LogP contribution in [0.1, 0.15) is 28.2 Å². The van der Waals surface area contributed by atoms with Gasteiger partial charge >= 0.3 is 6.03 Å². The van der Waals surface area contributed by atoms with Gasteiger partial charge in [-0.3, -0.25) is 0 Å². The normalized spacial score (nSPS) is 15.5. The molecule has 2 aliphatic rings. The zero-order valence-corrected chi connectivity index (χ0v) is 20.1. The number of carbonyl (C=O) groups excluding carboxylic acids is 1. The van der Waals surface area contributed by atoms with Crippen LogP contribution in [-0.2, 0) is 30.7 Å². The van der Waals surface area contributed by atoms with Gasteiger partial charge in [0.15, 0.2) is 0 Å². The van der Waals surface area contributed by atoms with Crippen LogP contribution in [0, 0.1) is 0 Å². The predicted octanol–water partition coefficient (Wildman–Crippen LogP) is 3.18. The molecule has 0 bridgehead atoms. The average Bonchev–Trinajstić information content (AvgIpc) is 2.92. The first-order valence-electron chi connectivity index (χ1n) is 12.1. The lowest BCUT2D eigenvalue weighted by Gasteiger charge is -2.34. The molecule has 0 saturated carbocycles. The van der Waals surface area contributed by atoms with Crippen LogP contribution in [0.15, 0.2) is 54.6 Å². The average molecular weight is 474 g/mol. The molecule has 2 aromatic carbocycles. The van der Waals surface area contributed by atoms with E-state index in [0.29, 0.717) is 45.7 Å². The zero-order chi connectivity index (χ0) is 24.0. The van der Waals surface area contributed by atoms with Crippen molar-refractivity contribution < 1.29 is 14.3 Å². The molecule has 0 atom stereocenters. The van der Waals surface area contributed by atoms with Crippen LogP contribution in [0.5, 0.6) is 5.75 Å². The number of aromatic nitrogens is 2. The first-order valence-corrected chi connectivity index (χ1v) is 12.1. The van der Waals surface area contributed by atoms with Crippen molar-refractivity contribution in [1.82, 2.24) is 20.2 Å². The van der Waals surface area contributed by atoms with Crippen molar-refractivity contribution in [2.75, 3.05) is 44.9 Å². The molecular formula is C27H31N5O3. The highest BCUT2D eigenvalue weighted by atomic mass is 16.5. The number of morpholine rings is 1.